The standard InChI is InChI=1S/C21H18N4OS/c1-15-7-10-17(11-8-15)19-13-18(26-25-19)14-27-21-22-20(23-24-21)12-9-16-5-3-2-4-6-16/h2-13H,14H2,1H3,(H,22,23,24)/b12-9+. The SMILES string of the molecule is Cc1ccc(-c2cc(CSc3n[nH]c(/C=C/c4ccccc4)n3)on2)cc1. The Morgan fingerprint density at radius 3 is 2.67 bits per heavy atom. The minimum absolute atomic E-state index is 0.624. The molecule has 0 bridgehead atoms. The van der Waals surface area contributed by atoms with Crippen molar-refractivity contribution in [3.8, 4) is 11.3 Å². The average molecular weight is 374 g/mol. The predicted octanol–water partition coefficient (Wildman–Crippen LogP) is 5.23. The summed E-state index contributed by atoms with van der Waals surface area (Å²) in [5.74, 6) is 2.14. The van der Waals surface area contributed by atoms with E-state index in [2.05, 4.69) is 39.4 Å². The molecule has 0 unspecified atom stereocenters. The lowest BCUT2D eigenvalue weighted by Gasteiger charge is -1.95. The van der Waals surface area contributed by atoms with Crippen LogP contribution in [0.2, 0.25) is 0 Å². The first-order valence-electron chi connectivity index (χ1n) is 8.57. The fourth-order valence-corrected chi connectivity index (χ4v) is 3.19. The second kappa shape index (κ2) is 8.05. The fourth-order valence-electron chi connectivity index (χ4n) is 2.51. The van der Waals surface area contributed by atoms with Crippen molar-refractivity contribution in [3.63, 3.8) is 0 Å². The molecule has 0 radical (unpaired) electrons. The average Bonchev–Trinajstić information content (AvgIpc) is 3.36. The Bertz CT molecular complexity index is 1040. The number of hydrogen-bond acceptors (Lipinski definition) is 5. The number of hydrogen-bond donors (Lipinski definition) is 1. The summed E-state index contributed by atoms with van der Waals surface area (Å²) in [7, 11) is 0. The summed E-state index contributed by atoms with van der Waals surface area (Å²) in [6.45, 7) is 2.06. The van der Waals surface area contributed by atoms with E-state index in [0.717, 1.165) is 28.4 Å². The van der Waals surface area contributed by atoms with Gasteiger partial charge in [-0.2, -0.15) is 0 Å². The van der Waals surface area contributed by atoms with Crippen LogP contribution in [0.15, 0.2) is 70.3 Å². The maximum atomic E-state index is 5.43. The van der Waals surface area contributed by atoms with Gasteiger partial charge in [-0.05, 0) is 18.6 Å². The van der Waals surface area contributed by atoms with Gasteiger partial charge >= 0.3 is 0 Å². The molecule has 0 aliphatic rings. The number of aromatic nitrogens is 4. The van der Waals surface area contributed by atoms with Crippen molar-refractivity contribution in [2.75, 3.05) is 0 Å². The molecule has 0 fully saturated rings. The number of aromatic amines is 1. The molecule has 27 heavy (non-hydrogen) atoms. The van der Waals surface area contributed by atoms with Crippen LogP contribution in [0, 0.1) is 6.92 Å². The lowest BCUT2D eigenvalue weighted by molar-refractivity contribution is 0.397. The van der Waals surface area contributed by atoms with Crippen LogP contribution >= 0.6 is 11.8 Å². The van der Waals surface area contributed by atoms with Crippen molar-refractivity contribution in [1.29, 1.82) is 0 Å². The van der Waals surface area contributed by atoms with Crippen molar-refractivity contribution in [3.05, 3.63) is 83.4 Å². The van der Waals surface area contributed by atoms with Gasteiger partial charge in [0.2, 0.25) is 5.16 Å². The topological polar surface area (TPSA) is 67.6 Å². The molecule has 0 saturated carbocycles. The molecule has 6 heteroatoms. The van der Waals surface area contributed by atoms with Crippen molar-refractivity contribution in [1.82, 2.24) is 20.3 Å². The molecule has 0 amide bonds. The molecular formula is C21H18N4OS. The highest BCUT2D eigenvalue weighted by molar-refractivity contribution is 7.98. The van der Waals surface area contributed by atoms with Crippen LogP contribution in [0.4, 0.5) is 0 Å². The second-order valence-corrected chi connectivity index (χ2v) is 7.02. The zero-order chi connectivity index (χ0) is 18.5. The monoisotopic (exact) mass is 374 g/mol. The van der Waals surface area contributed by atoms with E-state index in [4.69, 9.17) is 4.52 Å². The lowest BCUT2D eigenvalue weighted by Crippen LogP contribution is -1.79. The van der Waals surface area contributed by atoms with Crippen molar-refractivity contribution in [2.45, 2.75) is 17.8 Å². The van der Waals surface area contributed by atoms with Gasteiger partial charge in [0, 0.05) is 11.6 Å². The van der Waals surface area contributed by atoms with Crippen LogP contribution < -0.4 is 0 Å². The summed E-state index contributed by atoms with van der Waals surface area (Å²) >= 11 is 1.51. The number of benzene rings is 2. The van der Waals surface area contributed by atoms with Crippen LogP contribution in [0.1, 0.15) is 22.7 Å². The molecule has 0 aliphatic carbocycles. The van der Waals surface area contributed by atoms with Gasteiger partial charge in [0.05, 0.1) is 5.75 Å². The number of H-pyrrole nitrogens is 1. The molecule has 2 aromatic carbocycles. The van der Waals surface area contributed by atoms with E-state index < -0.39 is 0 Å². The number of nitrogens with one attached hydrogen (secondary N) is 1. The van der Waals surface area contributed by atoms with Gasteiger partial charge in [-0.3, -0.25) is 5.10 Å². The van der Waals surface area contributed by atoms with Crippen LogP contribution in [-0.4, -0.2) is 20.3 Å². The number of rotatable bonds is 6. The zero-order valence-corrected chi connectivity index (χ0v) is 15.6. The van der Waals surface area contributed by atoms with E-state index in [-0.39, 0.29) is 0 Å². The summed E-state index contributed by atoms with van der Waals surface area (Å²) in [4.78, 5) is 4.46. The molecule has 2 heterocycles. The number of thioether (sulfide) groups is 1. The molecule has 4 rings (SSSR count). The molecule has 4 aromatic rings. The van der Waals surface area contributed by atoms with E-state index in [1.54, 1.807) is 0 Å². The highest BCUT2D eigenvalue weighted by Gasteiger charge is 2.09. The molecule has 0 aliphatic heterocycles. The van der Waals surface area contributed by atoms with Gasteiger partial charge in [-0.25, -0.2) is 4.98 Å². The van der Waals surface area contributed by atoms with Crippen LogP contribution in [0.5, 0.6) is 0 Å². The molecule has 1 N–H and O–H groups in total. The van der Waals surface area contributed by atoms with Gasteiger partial charge in [-0.1, -0.05) is 83.2 Å². The van der Waals surface area contributed by atoms with E-state index >= 15 is 0 Å². The second-order valence-electron chi connectivity index (χ2n) is 6.08. The van der Waals surface area contributed by atoms with Gasteiger partial charge in [0.1, 0.15) is 17.3 Å². The fraction of sp³-hybridized carbons (Fsp3) is 0.0952. The molecule has 5 nitrogen and oxygen atoms in total. The normalized spacial score (nSPS) is 11.3. The minimum Gasteiger partial charge on any atom is -0.360 e. The van der Waals surface area contributed by atoms with E-state index in [9.17, 15) is 0 Å². The minimum atomic E-state index is 0.624. The molecule has 2 aromatic heterocycles. The summed E-state index contributed by atoms with van der Waals surface area (Å²) in [6.07, 6.45) is 3.91. The first-order chi connectivity index (χ1) is 13.3. The molecular weight excluding hydrogens is 356 g/mol. The predicted molar refractivity (Wildman–Crippen MR) is 108 cm³/mol. The molecule has 0 spiro atoms. The number of nitrogens with zero attached hydrogens (tertiary/aromatic N) is 3. The summed E-state index contributed by atoms with van der Waals surface area (Å²) in [5, 5.41) is 12.0. The maximum Gasteiger partial charge on any atom is 0.209 e. The number of aryl methyl sites for hydroxylation is 1. The third-order valence-electron chi connectivity index (χ3n) is 3.97. The van der Waals surface area contributed by atoms with E-state index in [1.165, 1.54) is 17.3 Å². The highest BCUT2D eigenvalue weighted by atomic mass is 32.2. The summed E-state index contributed by atoms with van der Waals surface area (Å²) < 4.78 is 5.43. The first-order valence-corrected chi connectivity index (χ1v) is 9.56. The molecule has 0 atom stereocenters. The van der Waals surface area contributed by atoms with Crippen molar-refractivity contribution >= 4 is 23.9 Å². The highest BCUT2D eigenvalue weighted by Crippen LogP contribution is 2.24. The van der Waals surface area contributed by atoms with E-state index in [0.29, 0.717) is 10.9 Å². The molecule has 0 saturated heterocycles. The summed E-state index contributed by atoms with van der Waals surface area (Å²) in [6, 6.07) is 20.3. The summed E-state index contributed by atoms with van der Waals surface area (Å²) in [5.41, 5.74) is 4.23. The Hall–Kier alpha value is -3.12. The third-order valence-corrected chi connectivity index (χ3v) is 4.83. The third kappa shape index (κ3) is 4.54. The van der Waals surface area contributed by atoms with Crippen LogP contribution in [0.3, 0.4) is 0 Å². The van der Waals surface area contributed by atoms with Gasteiger partial charge in [-0.15, -0.1) is 5.10 Å². The van der Waals surface area contributed by atoms with Crippen molar-refractivity contribution < 1.29 is 4.52 Å². The Labute approximate surface area is 161 Å². The van der Waals surface area contributed by atoms with E-state index in [1.807, 2.05) is 60.7 Å². The van der Waals surface area contributed by atoms with Crippen molar-refractivity contribution in [2.24, 2.45) is 0 Å². The van der Waals surface area contributed by atoms with Gasteiger partial charge < -0.3 is 4.52 Å². The zero-order valence-electron chi connectivity index (χ0n) is 14.8. The van der Waals surface area contributed by atoms with Gasteiger partial charge in [0.25, 0.3) is 0 Å². The largest absolute Gasteiger partial charge is 0.360 e. The Morgan fingerprint density at radius 2 is 1.85 bits per heavy atom. The van der Waals surface area contributed by atoms with Crippen LogP contribution in [-0.2, 0) is 5.75 Å². The van der Waals surface area contributed by atoms with Crippen LogP contribution in [0.25, 0.3) is 23.4 Å². The first kappa shape index (κ1) is 17.3. The quantitative estimate of drug-likeness (QED) is 0.468. The Morgan fingerprint density at radius 1 is 1.04 bits per heavy atom. The Balaban J connectivity index is 1.36. The lowest BCUT2D eigenvalue weighted by atomic mass is 10.1. The smallest absolute Gasteiger partial charge is 0.209 e. The molecule has 134 valence electrons. The van der Waals surface area contributed by atoms with Gasteiger partial charge in [0.15, 0.2) is 0 Å². The maximum absolute atomic E-state index is 5.43. The Kier molecular flexibility index (Phi) is 5.16.